The zero-order valence-corrected chi connectivity index (χ0v) is 12.1. The summed E-state index contributed by atoms with van der Waals surface area (Å²) in [7, 11) is 0. The molecule has 1 aliphatic carbocycles. The van der Waals surface area contributed by atoms with Gasteiger partial charge < -0.3 is 5.11 Å². The van der Waals surface area contributed by atoms with Crippen LogP contribution in [0.15, 0.2) is 23.1 Å². The van der Waals surface area contributed by atoms with Gasteiger partial charge >= 0.3 is 5.97 Å². The van der Waals surface area contributed by atoms with Gasteiger partial charge in [-0.05, 0) is 30.9 Å². The van der Waals surface area contributed by atoms with Crippen LogP contribution < -0.4 is 5.56 Å². The van der Waals surface area contributed by atoms with Gasteiger partial charge in [0, 0.05) is 5.56 Å². The third kappa shape index (κ3) is 1.89. The van der Waals surface area contributed by atoms with E-state index in [1.54, 1.807) is 12.3 Å². The van der Waals surface area contributed by atoms with E-state index in [-0.39, 0.29) is 5.15 Å². The largest absolute Gasteiger partial charge is 0.480 e. The average Bonchev–Trinajstić information content (AvgIpc) is 3.22. The summed E-state index contributed by atoms with van der Waals surface area (Å²) in [6, 6.07) is 3.05. The number of rotatable bonds is 3. The van der Waals surface area contributed by atoms with E-state index < -0.39 is 18.1 Å². The molecule has 1 N–H and O–H groups in total. The molecule has 3 aromatic heterocycles. The zero-order chi connectivity index (χ0) is 15.4. The van der Waals surface area contributed by atoms with Crippen LogP contribution in [0.3, 0.4) is 0 Å². The average molecular weight is 319 g/mol. The summed E-state index contributed by atoms with van der Waals surface area (Å²) >= 11 is 5.92. The van der Waals surface area contributed by atoms with Gasteiger partial charge in [-0.25, -0.2) is 4.98 Å². The number of hydrogen-bond acceptors (Lipinski definition) is 4. The lowest BCUT2D eigenvalue weighted by atomic mass is 10.2. The van der Waals surface area contributed by atoms with Crippen molar-refractivity contribution >= 4 is 34.3 Å². The minimum Gasteiger partial charge on any atom is -0.480 e. The number of aliphatic carboxylic acids is 1. The van der Waals surface area contributed by atoms with Crippen LogP contribution in [0.25, 0.3) is 16.7 Å². The molecule has 8 heteroatoms. The first-order chi connectivity index (χ1) is 10.6. The van der Waals surface area contributed by atoms with Crippen molar-refractivity contribution in [2.75, 3.05) is 0 Å². The van der Waals surface area contributed by atoms with Crippen LogP contribution in [0.1, 0.15) is 24.3 Å². The van der Waals surface area contributed by atoms with Gasteiger partial charge in [0.15, 0.2) is 5.65 Å². The Morgan fingerprint density at radius 2 is 2.18 bits per heavy atom. The molecular weight excluding hydrogens is 308 g/mol. The van der Waals surface area contributed by atoms with E-state index >= 15 is 0 Å². The van der Waals surface area contributed by atoms with Crippen molar-refractivity contribution in [1.29, 1.82) is 0 Å². The summed E-state index contributed by atoms with van der Waals surface area (Å²) in [6.45, 7) is -0.410. The highest BCUT2D eigenvalue weighted by Crippen LogP contribution is 2.41. The van der Waals surface area contributed by atoms with E-state index in [1.807, 2.05) is 0 Å². The first kappa shape index (κ1) is 13.3. The third-order valence-corrected chi connectivity index (χ3v) is 4.07. The molecule has 0 saturated heterocycles. The van der Waals surface area contributed by atoms with E-state index in [4.69, 9.17) is 16.7 Å². The van der Waals surface area contributed by atoms with E-state index in [0.717, 1.165) is 18.4 Å². The molecule has 0 amide bonds. The molecule has 1 aliphatic rings. The summed E-state index contributed by atoms with van der Waals surface area (Å²) in [5.74, 6) is -0.748. The molecule has 3 aromatic rings. The summed E-state index contributed by atoms with van der Waals surface area (Å²) in [5.41, 5.74) is 1.34. The first-order valence-corrected chi connectivity index (χ1v) is 7.22. The lowest BCUT2D eigenvalue weighted by Gasteiger charge is -2.10. The molecule has 1 fully saturated rings. The standard InChI is InChI=1S/C14H11ClN4O3/c15-10-4-3-8-12(17-10)19-13(9(5-16-19)7-1-2-7)18(14(8)22)6-11(20)21/h3-5,7H,1-2,6H2,(H,20,21). The van der Waals surface area contributed by atoms with Crippen LogP contribution in [-0.4, -0.2) is 30.2 Å². The number of hydrogen-bond donors (Lipinski definition) is 1. The maximum absolute atomic E-state index is 12.7. The Bertz CT molecular complexity index is 987. The van der Waals surface area contributed by atoms with Gasteiger partial charge in [-0.2, -0.15) is 9.61 Å². The van der Waals surface area contributed by atoms with Crippen LogP contribution in [0, 0.1) is 0 Å². The lowest BCUT2D eigenvalue weighted by molar-refractivity contribution is -0.137. The maximum atomic E-state index is 12.7. The van der Waals surface area contributed by atoms with Crippen molar-refractivity contribution in [3.05, 3.63) is 39.4 Å². The molecule has 7 nitrogen and oxygen atoms in total. The molecule has 0 aliphatic heterocycles. The highest BCUT2D eigenvalue weighted by atomic mass is 35.5. The molecule has 4 rings (SSSR count). The number of carboxylic acid groups (broad SMARTS) is 1. The molecule has 0 bridgehead atoms. The fourth-order valence-corrected chi connectivity index (χ4v) is 2.88. The second-order valence-electron chi connectivity index (χ2n) is 5.40. The molecule has 0 spiro atoms. The van der Waals surface area contributed by atoms with Crippen molar-refractivity contribution < 1.29 is 9.90 Å². The van der Waals surface area contributed by atoms with Gasteiger partial charge in [0.2, 0.25) is 0 Å². The fourth-order valence-electron chi connectivity index (χ4n) is 2.74. The number of aromatic nitrogens is 4. The van der Waals surface area contributed by atoms with Crippen molar-refractivity contribution in [3.63, 3.8) is 0 Å². The van der Waals surface area contributed by atoms with Gasteiger partial charge in [0.1, 0.15) is 17.3 Å². The van der Waals surface area contributed by atoms with Crippen molar-refractivity contribution in [2.45, 2.75) is 25.3 Å². The Morgan fingerprint density at radius 1 is 1.41 bits per heavy atom. The molecule has 1 saturated carbocycles. The highest BCUT2D eigenvalue weighted by molar-refractivity contribution is 6.29. The Morgan fingerprint density at radius 3 is 2.86 bits per heavy atom. The van der Waals surface area contributed by atoms with Crippen molar-refractivity contribution in [1.82, 2.24) is 19.2 Å². The fraction of sp³-hybridized carbons (Fsp3) is 0.286. The SMILES string of the molecule is O=C(O)Cn1c(=O)c2ccc(Cl)nc2n2ncc(C3CC3)c12. The molecule has 0 aromatic carbocycles. The lowest BCUT2D eigenvalue weighted by Crippen LogP contribution is -2.27. The quantitative estimate of drug-likeness (QED) is 0.742. The van der Waals surface area contributed by atoms with Gasteiger partial charge in [0.05, 0.1) is 11.6 Å². The predicted octanol–water partition coefficient (Wildman–Crippen LogP) is 1.66. The monoisotopic (exact) mass is 318 g/mol. The van der Waals surface area contributed by atoms with Gasteiger partial charge in [-0.15, -0.1) is 0 Å². The highest BCUT2D eigenvalue weighted by Gasteiger charge is 2.29. The molecule has 22 heavy (non-hydrogen) atoms. The summed E-state index contributed by atoms with van der Waals surface area (Å²) in [4.78, 5) is 28.0. The number of halogens is 1. The Kier molecular flexibility index (Phi) is 2.74. The molecular formula is C14H11ClN4O3. The van der Waals surface area contributed by atoms with Crippen LogP contribution in [0.4, 0.5) is 0 Å². The zero-order valence-electron chi connectivity index (χ0n) is 11.4. The Hall–Kier alpha value is -2.41. The molecule has 0 unspecified atom stereocenters. The van der Waals surface area contributed by atoms with Crippen LogP contribution >= 0.6 is 11.6 Å². The normalized spacial score (nSPS) is 14.8. The first-order valence-electron chi connectivity index (χ1n) is 6.84. The van der Waals surface area contributed by atoms with Crippen LogP contribution in [-0.2, 0) is 11.3 Å². The van der Waals surface area contributed by atoms with E-state index in [1.165, 1.54) is 15.1 Å². The number of carbonyl (C=O) groups is 1. The summed E-state index contributed by atoms with van der Waals surface area (Å²) in [6.07, 6.45) is 3.72. The molecule has 0 atom stereocenters. The van der Waals surface area contributed by atoms with Crippen molar-refractivity contribution in [3.8, 4) is 0 Å². The number of fused-ring (bicyclic) bond motifs is 3. The Balaban J connectivity index is 2.18. The number of pyridine rings is 1. The number of carboxylic acids is 1. The predicted molar refractivity (Wildman–Crippen MR) is 79.4 cm³/mol. The van der Waals surface area contributed by atoms with Crippen molar-refractivity contribution in [2.24, 2.45) is 0 Å². The van der Waals surface area contributed by atoms with E-state index in [9.17, 15) is 9.59 Å². The minimum atomic E-state index is -1.08. The Labute approximate surface area is 128 Å². The van der Waals surface area contributed by atoms with Crippen LogP contribution in [0.2, 0.25) is 5.15 Å². The number of nitrogens with zero attached hydrogens (tertiary/aromatic N) is 4. The molecule has 3 heterocycles. The topological polar surface area (TPSA) is 89.5 Å². The van der Waals surface area contributed by atoms with E-state index in [0.29, 0.717) is 22.6 Å². The van der Waals surface area contributed by atoms with Gasteiger partial charge in [-0.3, -0.25) is 14.2 Å². The minimum absolute atomic E-state index is 0.257. The van der Waals surface area contributed by atoms with E-state index in [2.05, 4.69) is 10.1 Å². The van der Waals surface area contributed by atoms with Crippen LogP contribution in [0.5, 0.6) is 0 Å². The summed E-state index contributed by atoms with van der Waals surface area (Å²) in [5, 5.41) is 14.0. The second kappa shape index (κ2) is 4.54. The summed E-state index contributed by atoms with van der Waals surface area (Å²) < 4.78 is 2.76. The van der Waals surface area contributed by atoms with Gasteiger partial charge in [0.25, 0.3) is 5.56 Å². The maximum Gasteiger partial charge on any atom is 0.323 e. The van der Waals surface area contributed by atoms with Gasteiger partial charge in [-0.1, -0.05) is 11.6 Å². The second-order valence-corrected chi connectivity index (χ2v) is 5.79. The third-order valence-electron chi connectivity index (χ3n) is 3.85. The molecule has 0 radical (unpaired) electrons. The smallest absolute Gasteiger partial charge is 0.323 e. The molecule has 112 valence electrons.